The van der Waals surface area contributed by atoms with E-state index in [0.717, 1.165) is 6.54 Å². The lowest BCUT2D eigenvalue weighted by molar-refractivity contribution is 0.157. The maximum atomic E-state index is 3.47. The van der Waals surface area contributed by atoms with Crippen LogP contribution in [0.2, 0.25) is 0 Å². The maximum Gasteiger partial charge on any atom is 0.0478 e. The molecule has 1 rings (SSSR count). The van der Waals surface area contributed by atoms with Crippen LogP contribution in [0.5, 0.6) is 0 Å². The average Bonchev–Trinajstić information content (AvgIpc) is 2.35. The second-order valence-electron chi connectivity index (χ2n) is 4.98. The highest BCUT2D eigenvalue weighted by atomic mass is 15.2. The van der Waals surface area contributed by atoms with Crippen molar-refractivity contribution in [2.75, 3.05) is 20.6 Å². The molecule has 1 aromatic rings. The highest BCUT2D eigenvalue weighted by molar-refractivity contribution is 5.20. The highest BCUT2D eigenvalue weighted by Crippen LogP contribution is 2.25. The molecule has 17 heavy (non-hydrogen) atoms. The van der Waals surface area contributed by atoms with Crippen molar-refractivity contribution < 1.29 is 0 Å². The molecule has 0 saturated carbocycles. The number of likely N-dealkylation sites (N-methyl/N-ethyl adjacent to an activating group) is 2. The van der Waals surface area contributed by atoms with Gasteiger partial charge in [-0.1, -0.05) is 51.1 Å². The van der Waals surface area contributed by atoms with Gasteiger partial charge in [-0.05, 0) is 32.1 Å². The maximum absolute atomic E-state index is 3.47. The van der Waals surface area contributed by atoms with Gasteiger partial charge in [-0.25, -0.2) is 0 Å². The summed E-state index contributed by atoms with van der Waals surface area (Å²) in [6, 6.07) is 11.6. The normalized spacial score (nSPS) is 15.2. The van der Waals surface area contributed by atoms with E-state index in [2.05, 4.69) is 75.4 Å². The van der Waals surface area contributed by atoms with Crippen LogP contribution in [0, 0.1) is 5.92 Å². The summed E-state index contributed by atoms with van der Waals surface area (Å²) in [7, 11) is 4.26. The molecule has 1 aromatic carbocycles. The molecular weight excluding hydrogens is 208 g/mol. The Morgan fingerprint density at radius 2 is 1.76 bits per heavy atom. The first-order chi connectivity index (χ1) is 8.11. The Kier molecular flexibility index (Phi) is 5.66. The molecule has 2 atom stereocenters. The molecule has 0 radical (unpaired) electrons. The van der Waals surface area contributed by atoms with Gasteiger partial charge in [0.1, 0.15) is 0 Å². The van der Waals surface area contributed by atoms with Gasteiger partial charge < -0.3 is 10.2 Å². The van der Waals surface area contributed by atoms with E-state index in [0.29, 0.717) is 18.0 Å². The van der Waals surface area contributed by atoms with Gasteiger partial charge in [0.2, 0.25) is 0 Å². The van der Waals surface area contributed by atoms with Gasteiger partial charge in [0, 0.05) is 12.1 Å². The molecule has 0 aliphatic rings. The molecule has 0 saturated heterocycles. The molecule has 0 aliphatic carbocycles. The molecule has 2 heteroatoms. The number of rotatable bonds is 6. The Bertz CT molecular complexity index is 308. The van der Waals surface area contributed by atoms with Crippen molar-refractivity contribution in [2.45, 2.75) is 32.9 Å². The van der Waals surface area contributed by atoms with Crippen molar-refractivity contribution in [3.05, 3.63) is 35.9 Å². The summed E-state index contributed by atoms with van der Waals surface area (Å²) in [6.07, 6.45) is 0. The van der Waals surface area contributed by atoms with Crippen molar-refractivity contribution in [1.82, 2.24) is 10.2 Å². The van der Waals surface area contributed by atoms with E-state index in [-0.39, 0.29) is 0 Å². The van der Waals surface area contributed by atoms with E-state index in [4.69, 9.17) is 0 Å². The number of hydrogen-bond donors (Lipinski definition) is 1. The second-order valence-corrected chi connectivity index (χ2v) is 4.98. The second kappa shape index (κ2) is 6.77. The average molecular weight is 234 g/mol. The summed E-state index contributed by atoms with van der Waals surface area (Å²) in [5, 5.41) is 3.47. The fraction of sp³-hybridized carbons (Fsp3) is 0.600. The van der Waals surface area contributed by atoms with Crippen LogP contribution < -0.4 is 5.32 Å². The minimum Gasteiger partial charge on any atom is -0.312 e. The van der Waals surface area contributed by atoms with E-state index < -0.39 is 0 Å². The zero-order valence-electron chi connectivity index (χ0n) is 11.8. The molecule has 1 N–H and O–H groups in total. The van der Waals surface area contributed by atoms with Crippen LogP contribution in [-0.2, 0) is 0 Å². The smallest absolute Gasteiger partial charge is 0.0478 e. The Morgan fingerprint density at radius 1 is 1.18 bits per heavy atom. The minimum absolute atomic E-state index is 0.390. The van der Waals surface area contributed by atoms with Gasteiger partial charge in [0.25, 0.3) is 0 Å². The van der Waals surface area contributed by atoms with Crippen molar-refractivity contribution in [3.63, 3.8) is 0 Å². The molecule has 2 nitrogen and oxygen atoms in total. The summed E-state index contributed by atoms with van der Waals surface area (Å²) in [5.41, 5.74) is 1.37. The summed E-state index contributed by atoms with van der Waals surface area (Å²) in [4.78, 5) is 2.43. The first-order valence-corrected chi connectivity index (χ1v) is 6.54. The third-order valence-electron chi connectivity index (χ3n) is 3.50. The van der Waals surface area contributed by atoms with Crippen LogP contribution >= 0.6 is 0 Å². The van der Waals surface area contributed by atoms with Crippen molar-refractivity contribution in [1.29, 1.82) is 0 Å². The predicted molar refractivity (Wildman–Crippen MR) is 75.2 cm³/mol. The van der Waals surface area contributed by atoms with E-state index in [9.17, 15) is 0 Å². The molecule has 2 unspecified atom stereocenters. The summed E-state index contributed by atoms with van der Waals surface area (Å²) in [5.74, 6) is 0.623. The monoisotopic (exact) mass is 234 g/mol. The van der Waals surface area contributed by atoms with Crippen LogP contribution in [0.1, 0.15) is 32.4 Å². The van der Waals surface area contributed by atoms with Crippen LogP contribution in [-0.4, -0.2) is 31.6 Å². The third-order valence-corrected chi connectivity index (χ3v) is 3.50. The summed E-state index contributed by atoms with van der Waals surface area (Å²) < 4.78 is 0. The van der Waals surface area contributed by atoms with E-state index >= 15 is 0 Å². The summed E-state index contributed by atoms with van der Waals surface area (Å²) in [6.45, 7) is 7.88. The molecule has 0 spiro atoms. The molecule has 0 aliphatic heterocycles. The number of nitrogens with zero attached hydrogens (tertiary/aromatic N) is 1. The van der Waals surface area contributed by atoms with Crippen molar-refractivity contribution in [3.8, 4) is 0 Å². The van der Waals surface area contributed by atoms with Crippen LogP contribution in [0.15, 0.2) is 30.3 Å². The molecule has 0 bridgehead atoms. The third kappa shape index (κ3) is 3.55. The minimum atomic E-state index is 0.390. The molecule has 0 aromatic heterocycles. The number of nitrogens with one attached hydrogen (secondary N) is 1. The lowest BCUT2D eigenvalue weighted by atomic mass is 9.90. The van der Waals surface area contributed by atoms with Crippen LogP contribution in [0.3, 0.4) is 0 Å². The topological polar surface area (TPSA) is 15.3 Å². The van der Waals surface area contributed by atoms with Crippen LogP contribution in [0.4, 0.5) is 0 Å². The Hall–Kier alpha value is -0.860. The van der Waals surface area contributed by atoms with Crippen LogP contribution in [0.25, 0.3) is 0 Å². The van der Waals surface area contributed by atoms with E-state index in [1.807, 2.05) is 0 Å². The Labute approximate surface area is 106 Å². The molecular formula is C15H26N2. The van der Waals surface area contributed by atoms with Gasteiger partial charge >= 0.3 is 0 Å². The number of benzene rings is 1. The van der Waals surface area contributed by atoms with Gasteiger partial charge in [-0.15, -0.1) is 0 Å². The zero-order chi connectivity index (χ0) is 12.8. The molecule has 96 valence electrons. The molecule has 0 heterocycles. The van der Waals surface area contributed by atoms with E-state index in [1.54, 1.807) is 0 Å². The first kappa shape index (κ1) is 14.2. The zero-order valence-corrected chi connectivity index (χ0v) is 11.8. The number of hydrogen-bond acceptors (Lipinski definition) is 2. The van der Waals surface area contributed by atoms with E-state index in [1.165, 1.54) is 5.56 Å². The fourth-order valence-electron chi connectivity index (χ4n) is 2.55. The van der Waals surface area contributed by atoms with Gasteiger partial charge in [-0.3, -0.25) is 0 Å². The fourth-order valence-corrected chi connectivity index (χ4v) is 2.55. The quantitative estimate of drug-likeness (QED) is 0.814. The molecule has 0 fully saturated rings. The van der Waals surface area contributed by atoms with Gasteiger partial charge in [0.15, 0.2) is 0 Å². The standard InChI is InChI=1S/C15H26N2/c1-6-17(5)15(12(2)3)14(16-4)13-10-8-7-9-11-13/h7-12,14-16H,6H2,1-5H3. The van der Waals surface area contributed by atoms with Crippen molar-refractivity contribution in [2.24, 2.45) is 5.92 Å². The first-order valence-electron chi connectivity index (χ1n) is 6.54. The predicted octanol–water partition coefficient (Wildman–Crippen LogP) is 2.92. The van der Waals surface area contributed by atoms with Crippen molar-refractivity contribution >= 4 is 0 Å². The Morgan fingerprint density at radius 3 is 2.18 bits per heavy atom. The molecule has 0 amide bonds. The largest absolute Gasteiger partial charge is 0.312 e. The highest BCUT2D eigenvalue weighted by Gasteiger charge is 2.27. The Balaban J connectivity index is 2.97. The summed E-state index contributed by atoms with van der Waals surface area (Å²) >= 11 is 0. The van der Waals surface area contributed by atoms with Gasteiger partial charge in [-0.2, -0.15) is 0 Å². The van der Waals surface area contributed by atoms with Gasteiger partial charge in [0.05, 0.1) is 0 Å². The SMILES string of the molecule is CCN(C)C(C(C)C)C(NC)c1ccccc1. The lowest BCUT2D eigenvalue weighted by Gasteiger charge is -2.37. The lowest BCUT2D eigenvalue weighted by Crippen LogP contribution is -2.45.